The fourth-order valence-electron chi connectivity index (χ4n) is 2.65. The zero-order valence-electron chi connectivity index (χ0n) is 14.1. The van der Waals surface area contributed by atoms with Crippen LogP contribution in [0, 0.1) is 0 Å². The average Bonchev–Trinajstić information content (AvgIpc) is 2.94. The number of nitrogens with zero attached hydrogens (tertiary/aromatic N) is 1. The van der Waals surface area contributed by atoms with Gasteiger partial charge in [-0.05, 0) is 35.7 Å². The van der Waals surface area contributed by atoms with E-state index in [9.17, 15) is 9.59 Å². The van der Waals surface area contributed by atoms with E-state index in [0.29, 0.717) is 13.0 Å². The molecule has 2 aromatic rings. The van der Waals surface area contributed by atoms with Crippen molar-refractivity contribution in [2.24, 2.45) is 0 Å². The summed E-state index contributed by atoms with van der Waals surface area (Å²) in [4.78, 5) is 27.1. The molecule has 0 unspecified atom stereocenters. The molecule has 130 valence electrons. The Balaban J connectivity index is 1.47. The molecule has 0 radical (unpaired) electrons. The summed E-state index contributed by atoms with van der Waals surface area (Å²) in [7, 11) is 0. The lowest BCUT2D eigenvalue weighted by atomic mass is 10.1. The minimum absolute atomic E-state index is 0.285. The molecule has 1 aromatic carbocycles. The van der Waals surface area contributed by atoms with E-state index < -0.39 is 12.1 Å². The monoisotopic (exact) mass is 339 g/mol. The number of hydrogen-bond donors (Lipinski definition) is 2. The van der Waals surface area contributed by atoms with Crippen LogP contribution in [-0.2, 0) is 24.1 Å². The first-order valence-electron chi connectivity index (χ1n) is 8.41. The molecule has 1 aromatic heterocycles. The van der Waals surface area contributed by atoms with E-state index in [0.717, 1.165) is 29.8 Å². The van der Waals surface area contributed by atoms with Crippen LogP contribution in [0.25, 0.3) is 0 Å². The molecular formula is C19H21N3O3. The molecule has 2 heterocycles. The van der Waals surface area contributed by atoms with Crippen LogP contribution in [0.1, 0.15) is 23.7 Å². The second-order valence-electron chi connectivity index (χ2n) is 5.97. The predicted molar refractivity (Wildman–Crippen MR) is 93.4 cm³/mol. The number of urea groups is 1. The highest BCUT2D eigenvalue weighted by atomic mass is 16.5. The fourth-order valence-corrected chi connectivity index (χ4v) is 2.65. The molecule has 1 aliphatic rings. The summed E-state index contributed by atoms with van der Waals surface area (Å²) in [5, 5.41) is 4.82. The molecule has 0 aliphatic carbocycles. The Hall–Kier alpha value is -2.89. The van der Waals surface area contributed by atoms with E-state index in [2.05, 4.69) is 28.6 Å². The number of pyridine rings is 1. The second kappa shape index (κ2) is 7.79. The number of aryl methyl sites for hydroxylation is 1. The number of benzene rings is 1. The number of ether oxygens (including phenoxy) is 1. The van der Waals surface area contributed by atoms with Crippen molar-refractivity contribution >= 4 is 11.9 Å². The van der Waals surface area contributed by atoms with Gasteiger partial charge in [0, 0.05) is 24.7 Å². The Morgan fingerprint density at radius 1 is 1.08 bits per heavy atom. The first-order valence-corrected chi connectivity index (χ1v) is 8.41. The summed E-state index contributed by atoms with van der Waals surface area (Å²) in [6.07, 6.45) is 4.11. The molecule has 1 atom stereocenters. The third kappa shape index (κ3) is 4.56. The SMILES string of the molecule is CCc1ccc(CCOc2ccc(C[C@H]3NC(=O)NC3=O)cc2)nc1. The van der Waals surface area contributed by atoms with Gasteiger partial charge in [0.2, 0.25) is 0 Å². The van der Waals surface area contributed by atoms with Crippen LogP contribution in [0.5, 0.6) is 5.75 Å². The maximum atomic E-state index is 11.5. The Labute approximate surface area is 146 Å². The van der Waals surface area contributed by atoms with Gasteiger partial charge < -0.3 is 10.1 Å². The van der Waals surface area contributed by atoms with Crippen LogP contribution < -0.4 is 15.4 Å². The molecule has 25 heavy (non-hydrogen) atoms. The number of nitrogens with one attached hydrogen (secondary N) is 2. The van der Waals surface area contributed by atoms with Crippen LogP contribution >= 0.6 is 0 Å². The van der Waals surface area contributed by atoms with Crippen molar-refractivity contribution in [3.8, 4) is 5.75 Å². The second-order valence-corrected chi connectivity index (χ2v) is 5.97. The molecule has 2 N–H and O–H groups in total. The van der Waals surface area contributed by atoms with Crippen molar-refractivity contribution in [1.29, 1.82) is 0 Å². The van der Waals surface area contributed by atoms with Crippen molar-refractivity contribution in [2.45, 2.75) is 32.2 Å². The van der Waals surface area contributed by atoms with Gasteiger partial charge in [0.25, 0.3) is 5.91 Å². The van der Waals surface area contributed by atoms with Gasteiger partial charge in [0.05, 0.1) is 6.61 Å². The van der Waals surface area contributed by atoms with Crippen molar-refractivity contribution in [2.75, 3.05) is 6.61 Å². The summed E-state index contributed by atoms with van der Waals surface area (Å²) >= 11 is 0. The lowest BCUT2D eigenvalue weighted by molar-refractivity contribution is -0.120. The van der Waals surface area contributed by atoms with Crippen LogP contribution in [0.3, 0.4) is 0 Å². The minimum Gasteiger partial charge on any atom is -0.493 e. The minimum atomic E-state index is -0.503. The van der Waals surface area contributed by atoms with Crippen LogP contribution in [0.15, 0.2) is 42.6 Å². The summed E-state index contributed by atoms with van der Waals surface area (Å²) < 4.78 is 5.74. The Kier molecular flexibility index (Phi) is 5.28. The van der Waals surface area contributed by atoms with Gasteiger partial charge in [-0.3, -0.25) is 15.1 Å². The number of amides is 3. The van der Waals surface area contributed by atoms with Gasteiger partial charge in [-0.15, -0.1) is 0 Å². The average molecular weight is 339 g/mol. The quantitative estimate of drug-likeness (QED) is 0.756. The molecule has 3 rings (SSSR count). The van der Waals surface area contributed by atoms with E-state index in [-0.39, 0.29) is 5.91 Å². The van der Waals surface area contributed by atoms with Crippen molar-refractivity contribution < 1.29 is 14.3 Å². The number of rotatable bonds is 7. The molecule has 0 saturated carbocycles. The van der Waals surface area contributed by atoms with Crippen LogP contribution in [0.4, 0.5) is 4.79 Å². The zero-order valence-corrected chi connectivity index (χ0v) is 14.1. The fraction of sp³-hybridized carbons (Fsp3) is 0.316. The Morgan fingerprint density at radius 2 is 1.84 bits per heavy atom. The first kappa shape index (κ1) is 17.0. The molecule has 1 fully saturated rings. The van der Waals surface area contributed by atoms with E-state index in [1.165, 1.54) is 5.56 Å². The molecule has 1 saturated heterocycles. The van der Waals surface area contributed by atoms with Gasteiger partial charge in [-0.25, -0.2) is 4.79 Å². The third-order valence-corrected chi connectivity index (χ3v) is 4.14. The lowest BCUT2D eigenvalue weighted by Crippen LogP contribution is -2.31. The van der Waals surface area contributed by atoms with Crippen molar-refractivity contribution in [3.05, 3.63) is 59.4 Å². The van der Waals surface area contributed by atoms with E-state index >= 15 is 0 Å². The van der Waals surface area contributed by atoms with Crippen LogP contribution in [0.2, 0.25) is 0 Å². The summed E-state index contributed by atoms with van der Waals surface area (Å²) in [5.41, 5.74) is 3.20. The zero-order chi connectivity index (χ0) is 17.6. The van der Waals surface area contributed by atoms with E-state index in [4.69, 9.17) is 4.74 Å². The van der Waals surface area contributed by atoms with Crippen LogP contribution in [-0.4, -0.2) is 29.6 Å². The van der Waals surface area contributed by atoms with Crippen molar-refractivity contribution in [1.82, 2.24) is 15.6 Å². The number of imide groups is 1. The Morgan fingerprint density at radius 3 is 2.44 bits per heavy atom. The topological polar surface area (TPSA) is 80.3 Å². The molecule has 0 spiro atoms. The van der Waals surface area contributed by atoms with Gasteiger partial charge in [0.15, 0.2) is 0 Å². The predicted octanol–water partition coefficient (Wildman–Crippen LogP) is 2.02. The number of carbonyl (C=O) groups is 2. The van der Waals surface area contributed by atoms with E-state index in [1.54, 1.807) is 0 Å². The molecule has 0 bridgehead atoms. The largest absolute Gasteiger partial charge is 0.493 e. The summed E-state index contributed by atoms with van der Waals surface area (Å²) in [5.74, 6) is 0.487. The summed E-state index contributed by atoms with van der Waals surface area (Å²) in [6.45, 7) is 2.66. The Bertz CT molecular complexity index is 742. The maximum absolute atomic E-state index is 11.5. The highest BCUT2D eigenvalue weighted by Gasteiger charge is 2.29. The van der Waals surface area contributed by atoms with Crippen molar-refractivity contribution in [3.63, 3.8) is 0 Å². The number of carbonyl (C=O) groups excluding carboxylic acids is 2. The van der Waals surface area contributed by atoms with Gasteiger partial charge in [0.1, 0.15) is 11.8 Å². The molecule has 3 amide bonds. The van der Waals surface area contributed by atoms with Gasteiger partial charge in [-0.2, -0.15) is 0 Å². The maximum Gasteiger partial charge on any atom is 0.322 e. The van der Waals surface area contributed by atoms with Gasteiger partial charge in [-0.1, -0.05) is 25.1 Å². The summed E-state index contributed by atoms with van der Waals surface area (Å²) in [6, 6.07) is 10.7. The van der Waals surface area contributed by atoms with E-state index in [1.807, 2.05) is 36.5 Å². The number of hydrogen-bond acceptors (Lipinski definition) is 4. The number of aromatic nitrogens is 1. The highest BCUT2D eigenvalue weighted by Crippen LogP contribution is 2.15. The molecule has 6 nitrogen and oxygen atoms in total. The van der Waals surface area contributed by atoms with Gasteiger partial charge >= 0.3 is 6.03 Å². The molecule has 6 heteroatoms. The third-order valence-electron chi connectivity index (χ3n) is 4.14. The first-order chi connectivity index (χ1) is 12.1. The highest BCUT2D eigenvalue weighted by molar-refractivity contribution is 6.04. The molecule has 1 aliphatic heterocycles. The smallest absolute Gasteiger partial charge is 0.322 e. The lowest BCUT2D eigenvalue weighted by Gasteiger charge is -2.09. The standard InChI is InChI=1S/C19H21N3O3/c1-2-13-3-6-15(20-12-13)9-10-25-16-7-4-14(5-8-16)11-17-18(23)22-19(24)21-17/h3-8,12,17H,2,9-11H2,1H3,(H2,21,22,23,24)/t17-/m1/s1. The molecular weight excluding hydrogens is 318 g/mol. The normalized spacial score (nSPS) is 16.4.